The fourth-order valence-electron chi connectivity index (χ4n) is 17.4. The summed E-state index contributed by atoms with van der Waals surface area (Å²) >= 11 is 0. The number of hydrogen-bond acceptors (Lipinski definition) is 5. The highest BCUT2D eigenvalue weighted by molar-refractivity contribution is 7.00. The van der Waals surface area contributed by atoms with Gasteiger partial charge in [0, 0.05) is 61.6 Å². The first-order chi connectivity index (χ1) is 56.9. The summed E-state index contributed by atoms with van der Waals surface area (Å²) in [6, 6.07) is 125. The van der Waals surface area contributed by atoms with Gasteiger partial charge in [0.2, 0.25) is 0 Å². The average molecular weight is 1520 g/mol. The summed E-state index contributed by atoms with van der Waals surface area (Å²) in [6.07, 6.45) is 0. The maximum atomic E-state index is 8.51. The van der Waals surface area contributed by atoms with Gasteiger partial charge in [-0.3, -0.25) is 0 Å². The smallest absolute Gasteiger partial charge is 0.252 e. The molecule has 0 aliphatic carbocycles. The van der Waals surface area contributed by atoms with Crippen molar-refractivity contribution in [1.82, 2.24) is 19.5 Å². The van der Waals surface area contributed by atoms with Gasteiger partial charge in [0.25, 0.3) is 6.71 Å². The quantitative estimate of drug-likeness (QED) is 0.0901. The third kappa shape index (κ3) is 13.6. The van der Waals surface area contributed by atoms with Crippen LogP contribution < -0.4 is 26.2 Å². The van der Waals surface area contributed by atoms with E-state index in [-0.39, 0.29) is 28.4 Å². The second-order valence-corrected chi connectivity index (χ2v) is 36.0. The fraction of sp³-hybridized carbons (Fsp3) is 0.145. The topological polar surface area (TPSA) is 54.4 Å². The molecule has 118 heavy (non-hydrogen) atoms. The Kier molecular flexibility index (Phi) is 18.2. The summed E-state index contributed by atoms with van der Waals surface area (Å²) in [5.41, 5.74) is 34.5. The molecule has 19 rings (SSSR count). The van der Waals surface area contributed by atoms with Crippen LogP contribution in [-0.2, 0) is 21.7 Å². The molecule has 0 N–H and O–H groups in total. The Morgan fingerprint density at radius 3 is 1.03 bits per heavy atom. The summed E-state index contributed by atoms with van der Waals surface area (Å²) < 4.78 is 2.37. The highest BCUT2D eigenvalue weighted by Crippen LogP contribution is 2.50. The van der Waals surface area contributed by atoms with Crippen LogP contribution in [0, 0.1) is 6.57 Å². The number of rotatable bonds is 12. The molecule has 0 fully saturated rings. The Balaban J connectivity index is 0.893. The summed E-state index contributed by atoms with van der Waals surface area (Å²) in [5, 5.41) is 2.14. The van der Waals surface area contributed by atoms with Gasteiger partial charge in [0.15, 0.2) is 23.2 Å². The van der Waals surface area contributed by atoms with Crippen LogP contribution in [0.1, 0.15) is 105 Å². The zero-order valence-corrected chi connectivity index (χ0v) is 69.0. The van der Waals surface area contributed by atoms with E-state index in [2.05, 4.69) is 369 Å². The summed E-state index contributed by atoms with van der Waals surface area (Å²) in [5.74, 6) is 1.54. The lowest BCUT2D eigenvalue weighted by atomic mass is 9.33. The van der Waals surface area contributed by atoms with Crippen molar-refractivity contribution >= 4 is 84.7 Å². The molecule has 0 bridgehead atoms. The SMILES string of the molecule is [C-]#[N+]c1ccc(-n2c3ccc(-c4cc5c6c(c4)N(c4ccc(-c7ccccc7)cc4)c4ccc(-c7cc(C(C)(C)C)cc(C(C)(C)C)c7)cc4B6c4cc(-c6cc(C(C)(C)C)cc(C(C)(C)C)c6)ccc4N5c4ccc(-c5ccccc5)cc4)cc3c3ccc(-c4ccccc4)cc32)c(-c2nc(-c3ccccc3)nc(-c3ccccc3)n2)c1. The molecule has 2 aliphatic heterocycles. The maximum absolute atomic E-state index is 8.51. The molecule has 0 saturated heterocycles. The molecule has 0 saturated carbocycles. The monoisotopic (exact) mass is 1520 g/mol. The second-order valence-electron chi connectivity index (χ2n) is 36.0. The minimum Gasteiger partial charge on any atom is -0.311 e. The maximum Gasteiger partial charge on any atom is 0.252 e. The minimum atomic E-state index is -0.246. The predicted molar refractivity (Wildman–Crippen MR) is 498 cm³/mol. The molecule has 0 radical (unpaired) electrons. The van der Waals surface area contributed by atoms with Gasteiger partial charge in [-0.1, -0.05) is 344 Å². The summed E-state index contributed by atoms with van der Waals surface area (Å²) in [4.78, 5) is 25.0. The average Bonchev–Trinajstić information content (AvgIpc) is 0.725. The van der Waals surface area contributed by atoms with Crippen molar-refractivity contribution in [2.45, 2.75) is 105 Å². The van der Waals surface area contributed by atoms with Gasteiger partial charge in [-0.2, -0.15) is 0 Å². The van der Waals surface area contributed by atoms with Gasteiger partial charge in [0.05, 0.1) is 23.3 Å². The van der Waals surface area contributed by atoms with Gasteiger partial charge in [-0.25, -0.2) is 19.8 Å². The molecule has 0 amide bonds. The fourth-order valence-corrected chi connectivity index (χ4v) is 17.4. The zero-order valence-electron chi connectivity index (χ0n) is 69.0. The minimum absolute atomic E-state index is 0.0998. The van der Waals surface area contributed by atoms with Crippen molar-refractivity contribution in [1.29, 1.82) is 0 Å². The molecule has 0 spiro atoms. The lowest BCUT2D eigenvalue weighted by Gasteiger charge is -2.45. The molecular formula is C110H92BN7. The van der Waals surface area contributed by atoms with Crippen molar-refractivity contribution in [3.8, 4) is 107 Å². The summed E-state index contributed by atoms with van der Waals surface area (Å²) in [6.45, 7) is 36.3. The normalized spacial score (nSPS) is 12.7. The first kappa shape index (κ1) is 74.4. The Morgan fingerprint density at radius 2 is 0.610 bits per heavy atom. The van der Waals surface area contributed by atoms with Crippen LogP contribution in [0.25, 0.3) is 133 Å². The molecule has 4 heterocycles. The van der Waals surface area contributed by atoms with Gasteiger partial charge >= 0.3 is 0 Å². The molecule has 17 aromatic rings. The van der Waals surface area contributed by atoms with Gasteiger partial charge in [0.1, 0.15) is 0 Å². The molecule has 0 atom stereocenters. The Bertz CT molecular complexity index is 6460. The molecule has 0 unspecified atom stereocenters. The van der Waals surface area contributed by atoms with Crippen LogP contribution >= 0.6 is 0 Å². The van der Waals surface area contributed by atoms with Crippen LogP contribution in [0.5, 0.6) is 0 Å². The molecule has 2 aromatic heterocycles. The lowest BCUT2D eigenvalue weighted by molar-refractivity contribution is 0.568. The van der Waals surface area contributed by atoms with Crippen molar-refractivity contribution in [2.24, 2.45) is 0 Å². The predicted octanol–water partition coefficient (Wildman–Crippen LogP) is 27.8. The van der Waals surface area contributed by atoms with Crippen LogP contribution in [0.4, 0.5) is 39.8 Å². The van der Waals surface area contributed by atoms with Crippen molar-refractivity contribution in [3.63, 3.8) is 0 Å². The Hall–Kier alpha value is -13.7. The molecule has 7 nitrogen and oxygen atoms in total. The van der Waals surface area contributed by atoms with Crippen LogP contribution in [0.3, 0.4) is 0 Å². The van der Waals surface area contributed by atoms with E-state index < -0.39 is 0 Å². The number of anilines is 6. The molecule has 8 heteroatoms. The third-order valence-electron chi connectivity index (χ3n) is 24.0. The molecule has 570 valence electrons. The zero-order chi connectivity index (χ0) is 81.1. The van der Waals surface area contributed by atoms with E-state index >= 15 is 0 Å². The number of aromatic nitrogens is 4. The van der Waals surface area contributed by atoms with E-state index in [4.69, 9.17) is 21.5 Å². The number of hydrogen-bond donors (Lipinski definition) is 0. The number of benzene rings is 15. The van der Waals surface area contributed by atoms with Gasteiger partial charge < -0.3 is 14.4 Å². The largest absolute Gasteiger partial charge is 0.311 e. The highest BCUT2D eigenvalue weighted by atomic mass is 15.2. The van der Waals surface area contributed by atoms with Crippen molar-refractivity contribution < 1.29 is 0 Å². The Morgan fingerprint density at radius 1 is 0.263 bits per heavy atom. The first-order valence-corrected chi connectivity index (χ1v) is 41.2. The van der Waals surface area contributed by atoms with E-state index in [0.29, 0.717) is 28.7 Å². The molecule has 15 aromatic carbocycles. The standard InChI is InChI=1S/C110H92BN7/c1-107(2,3)84-57-81(58-85(67-84)108(4,5)6)78-45-54-98-94(62-78)111-95-63-79(82-59-86(109(7,8)9)68-87(60-82)110(10,11)12)46-55-99(95)117(90-50-41-74(42-51-90)71-31-21-15-22-32-71)102-66-83(65-101(103(102)111)116(98)89-48-39-73(40-49-89)70-29-19-14-20-30-70)77-44-53-96-92(61-77)91-52-43-80(72-33-23-16-24-34-72)64-100(91)118(96)97-56-47-88(112-13)69-93(97)106-114-104(75-35-25-17-26-36-75)113-105(115-106)76-37-27-18-28-38-76/h14-69H,1-12H3. The molecular weight excluding hydrogens is 1430 g/mol. The highest BCUT2D eigenvalue weighted by Gasteiger charge is 2.45. The van der Waals surface area contributed by atoms with E-state index in [1.807, 2.05) is 72.8 Å². The van der Waals surface area contributed by atoms with Crippen molar-refractivity contribution in [3.05, 3.63) is 373 Å². The van der Waals surface area contributed by atoms with Gasteiger partial charge in [-0.15, -0.1) is 0 Å². The van der Waals surface area contributed by atoms with E-state index in [1.54, 1.807) is 0 Å². The van der Waals surface area contributed by atoms with E-state index in [9.17, 15) is 0 Å². The number of nitrogens with zero attached hydrogens (tertiary/aromatic N) is 7. The Labute approximate surface area is 694 Å². The first-order valence-electron chi connectivity index (χ1n) is 41.2. The van der Waals surface area contributed by atoms with E-state index in [0.717, 1.165) is 117 Å². The van der Waals surface area contributed by atoms with Crippen molar-refractivity contribution in [2.75, 3.05) is 9.80 Å². The van der Waals surface area contributed by atoms with Crippen LogP contribution in [0.2, 0.25) is 0 Å². The second kappa shape index (κ2) is 28.9. The van der Waals surface area contributed by atoms with Gasteiger partial charge in [-0.05, 0) is 206 Å². The lowest BCUT2D eigenvalue weighted by Crippen LogP contribution is -2.61. The van der Waals surface area contributed by atoms with Crippen LogP contribution in [-0.4, -0.2) is 26.2 Å². The van der Waals surface area contributed by atoms with E-state index in [1.165, 1.54) is 60.9 Å². The number of fused-ring (bicyclic) bond motifs is 7. The molecule has 2 aliphatic rings. The van der Waals surface area contributed by atoms with Crippen LogP contribution in [0.15, 0.2) is 340 Å². The third-order valence-corrected chi connectivity index (χ3v) is 24.0. The summed E-state index contributed by atoms with van der Waals surface area (Å²) in [7, 11) is 0.